The minimum Gasteiger partial charge on any atom is -0.383 e. The van der Waals surface area contributed by atoms with Gasteiger partial charge in [0.15, 0.2) is 0 Å². The maximum absolute atomic E-state index is 12.6. The number of para-hydroxylation sites is 1. The monoisotopic (exact) mass is 284 g/mol. The van der Waals surface area contributed by atoms with Crippen LogP contribution < -0.4 is 5.32 Å². The Bertz CT molecular complexity index is 667. The Hall–Kier alpha value is -1.94. The topological polar surface area (TPSA) is 51.2 Å². The van der Waals surface area contributed by atoms with E-state index < -0.39 is 0 Å². The predicted molar refractivity (Wildman–Crippen MR) is 82.6 cm³/mol. The Kier molecular flexibility index (Phi) is 4.15. The van der Waals surface area contributed by atoms with E-state index in [1.807, 2.05) is 24.3 Å². The zero-order valence-electron chi connectivity index (χ0n) is 12.3. The van der Waals surface area contributed by atoms with Gasteiger partial charge in [0, 0.05) is 24.7 Å². The molecule has 2 aromatic rings. The number of pyridine rings is 1. The van der Waals surface area contributed by atoms with Crippen molar-refractivity contribution >= 4 is 16.8 Å². The molecule has 0 aliphatic heterocycles. The molecule has 1 aliphatic rings. The van der Waals surface area contributed by atoms with Crippen molar-refractivity contribution < 1.29 is 9.53 Å². The number of nitrogens with zero attached hydrogens (tertiary/aromatic N) is 1. The van der Waals surface area contributed by atoms with E-state index in [0.29, 0.717) is 13.2 Å². The van der Waals surface area contributed by atoms with Gasteiger partial charge in [0.25, 0.3) is 5.91 Å². The standard InChI is InChI=1S/C17H20N2O2/c1-21-11-10-18-17(20)16-12-6-2-4-8-14(12)19-15-9-5-3-7-13(15)16/h2,4,6,8H,3,5,7,9-11H2,1H3,(H,18,20). The number of nitrogens with one attached hydrogen (secondary N) is 1. The van der Waals surface area contributed by atoms with Crippen LogP contribution in [0.5, 0.6) is 0 Å². The molecule has 1 aliphatic carbocycles. The maximum Gasteiger partial charge on any atom is 0.252 e. The van der Waals surface area contributed by atoms with Crippen LogP contribution in [0, 0.1) is 0 Å². The maximum atomic E-state index is 12.6. The molecule has 0 radical (unpaired) electrons. The fraction of sp³-hybridized carbons (Fsp3) is 0.412. The third kappa shape index (κ3) is 2.76. The zero-order valence-corrected chi connectivity index (χ0v) is 12.3. The highest BCUT2D eigenvalue weighted by atomic mass is 16.5. The minimum atomic E-state index is -0.0104. The Morgan fingerprint density at radius 3 is 2.95 bits per heavy atom. The van der Waals surface area contributed by atoms with Gasteiger partial charge in [0.2, 0.25) is 0 Å². The highest BCUT2D eigenvalue weighted by molar-refractivity contribution is 6.07. The molecular formula is C17H20N2O2. The summed E-state index contributed by atoms with van der Waals surface area (Å²) in [4.78, 5) is 17.4. The van der Waals surface area contributed by atoms with Crippen molar-refractivity contribution in [1.82, 2.24) is 10.3 Å². The number of aromatic nitrogens is 1. The Morgan fingerprint density at radius 2 is 2.10 bits per heavy atom. The van der Waals surface area contributed by atoms with Gasteiger partial charge < -0.3 is 10.1 Å². The van der Waals surface area contributed by atoms with Crippen molar-refractivity contribution in [2.45, 2.75) is 25.7 Å². The number of methoxy groups -OCH3 is 1. The minimum absolute atomic E-state index is 0.0104. The quantitative estimate of drug-likeness (QED) is 0.878. The van der Waals surface area contributed by atoms with Gasteiger partial charge in [0.1, 0.15) is 0 Å². The first kappa shape index (κ1) is 14.0. The van der Waals surface area contributed by atoms with Crippen molar-refractivity contribution in [3.63, 3.8) is 0 Å². The number of aryl methyl sites for hydroxylation is 1. The van der Waals surface area contributed by atoms with Crippen molar-refractivity contribution in [3.05, 3.63) is 41.1 Å². The third-order valence-corrected chi connectivity index (χ3v) is 3.99. The van der Waals surface area contributed by atoms with E-state index in [1.165, 1.54) is 0 Å². The number of hydrogen-bond acceptors (Lipinski definition) is 3. The molecule has 4 heteroatoms. The molecule has 0 bridgehead atoms. The predicted octanol–water partition coefficient (Wildman–Crippen LogP) is 2.49. The van der Waals surface area contributed by atoms with Gasteiger partial charge in [-0.2, -0.15) is 0 Å². The van der Waals surface area contributed by atoms with Crippen molar-refractivity contribution in [3.8, 4) is 0 Å². The lowest BCUT2D eigenvalue weighted by Gasteiger charge is -2.20. The molecule has 0 atom stereocenters. The first-order valence-corrected chi connectivity index (χ1v) is 7.49. The largest absolute Gasteiger partial charge is 0.383 e. The van der Waals surface area contributed by atoms with E-state index >= 15 is 0 Å². The second kappa shape index (κ2) is 6.22. The number of carbonyl (C=O) groups excluding carboxylic acids is 1. The van der Waals surface area contributed by atoms with Crippen LogP contribution >= 0.6 is 0 Å². The Balaban J connectivity index is 2.07. The molecular weight excluding hydrogens is 264 g/mol. The molecule has 21 heavy (non-hydrogen) atoms. The summed E-state index contributed by atoms with van der Waals surface area (Å²) in [5.74, 6) is -0.0104. The van der Waals surface area contributed by atoms with Gasteiger partial charge in [-0.25, -0.2) is 0 Å². The number of carbonyl (C=O) groups is 1. The fourth-order valence-corrected chi connectivity index (χ4v) is 2.99. The second-order valence-corrected chi connectivity index (χ2v) is 5.39. The molecule has 1 aromatic carbocycles. The average molecular weight is 284 g/mol. The molecule has 1 amide bonds. The molecule has 0 saturated heterocycles. The zero-order chi connectivity index (χ0) is 14.7. The smallest absolute Gasteiger partial charge is 0.252 e. The molecule has 1 N–H and O–H groups in total. The van der Waals surface area contributed by atoms with Crippen molar-refractivity contribution in [1.29, 1.82) is 0 Å². The van der Waals surface area contributed by atoms with Crippen LogP contribution in [0.25, 0.3) is 10.9 Å². The SMILES string of the molecule is COCCNC(=O)c1c2c(nc3ccccc13)CCCC2. The Labute approximate surface area is 124 Å². The molecule has 0 saturated carbocycles. The van der Waals surface area contributed by atoms with Gasteiger partial charge in [-0.1, -0.05) is 18.2 Å². The molecule has 0 unspecified atom stereocenters. The molecule has 1 aromatic heterocycles. The average Bonchev–Trinajstić information content (AvgIpc) is 2.52. The second-order valence-electron chi connectivity index (χ2n) is 5.39. The van der Waals surface area contributed by atoms with Crippen LogP contribution in [0.4, 0.5) is 0 Å². The van der Waals surface area contributed by atoms with Crippen molar-refractivity contribution in [2.75, 3.05) is 20.3 Å². The summed E-state index contributed by atoms with van der Waals surface area (Å²) in [6.07, 6.45) is 4.20. The summed E-state index contributed by atoms with van der Waals surface area (Å²) < 4.78 is 5.00. The van der Waals surface area contributed by atoms with Crippen LogP contribution in [-0.4, -0.2) is 31.2 Å². The van der Waals surface area contributed by atoms with Crippen LogP contribution in [0.3, 0.4) is 0 Å². The molecule has 4 nitrogen and oxygen atoms in total. The van der Waals surface area contributed by atoms with E-state index in [-0.39, 0.29) is 5.91 Å². The van der Waals surface area contributed by atoms with E-state index in [4.69, 9.17) is 9.72 Å². The first-order chi connectivity index (χ1) is 10.3. The fourth-order valence-electron chi connectivity index (χ4n) is 2.99. The third-order valence-electron chi connectivity index (χ3n) is 3.99. The molecule has 0 spiro atoms. The summed E-state index contributed by atoms with van der Waals surface area (Å²) >= 11 is 0. The number of rotatable bonds is 4. The lowest BCUT2D eigenvalue weighted by atomic mass is 9.89. The van der Waals surface area contributed by atoms with E-state index in [2.05, 4.69) is 5.32 Å². The first-order valence-electron chi connectivity index (χ1n) is 7.49. The van der Waals surface area contributed by atoms with Crippen LogP contribution in [0.1, 0.15) is 34.5 Å². The number of hydrogen-bond donors (Lipinski definition) is 1. The normalized spacial score (nSPS) is 14.0. The number of ether oxygens (including phenoxy) is 1. The van der Waals surface area contributed by atoms with Gasteiger partial charge >= 0.3 is 0 Å². The van der Waals surface area contributed by atoms with E-state index in [1.54, 1.807) is 7.11 Å². The van der Waals surface area contributed by atoms with E-state index in [9.17, 15) is 4.79 Å². The molecule has 3 rings (SSSR count). The molecule has 0 fully saturated rings. The summed E-state index contributed by atoms with van der Waals surface area (Å²) in [5, 5.41) is 3.90. The highest BCUT2D eigenvalue weighted by Crippen LogP contribution is 2.29. The number of amides is 1. The number of benzene rings is 1. The number of fused-ring (bicyclic) bond motifs is 2. The van der Waals surface area contributed by atoms with Crippen LogP contribution in [0.2, 0.25) is 0 Å². The van der Waals surface area contributed by atoms with Crippen LogP contribution in [0.15, 0.2) is 24.3 Å². The van der Waals surface area contributed by atoms with Crippen molar-refractivity contribution in [2.24, 2.45) is 0 Å². The van der Waals surface area contributed by atoms with Crippen LogP contribution in [-0.2, 0) is 17.6 Å². The summed E-state index contributed by atoms with van der Waals surface area (Å²) in [6, 6.07) is 7.90. The van der Waals surface area contributed by atoms with Gasteiger partial charge in [0.05, 0.1) is 17.7 Å². The lowest BCUT2D eigenvalue weighted by molar-refractivity contribution is 0.0937. The summed E-state index contributed by atoms with van der Waals surface area (Å²) in [5.41, 5.74) is 3.95. The highest BCUT2D eigenvalue weighted by Gasteiger charge is 2.22. The summed E-state index contributed by atoms with van der Waals surface area (Å²) in [6.45, 7) is 1.05. The molecule has 1 heterocycles. The van der Waals surface area contributed by atoms with Gasteiger partial charge in [-0.15, -0.1) is 0 Å². The summed E-state index contributed by atoms with van der Waals surface area (Å²) in [7, 11) is 1.63. The Morgan fingerprint density at radius 1 is 1.29 bits per heavy atom. The lowest BCUT2D eigenvalue weighted by Crippen LogP contribution is -2.29. The van der Waals surface area contributed by atoms with Gasteiger partial charge in [-0.3, -0.25) is 9.78 Å². The van der Waals surface area contributed by atoms with E-state index in [0.717, 1.165) is 53.4 Å². The van der Waals surface area contributed by atoms with Gasteiger partial charge in [-0.05, 0) is 37.3 Å². The molecule has 110 valence electrons.